The molecule has 0 atom stereocenters. The SMILES string of the molecule is CCN(C(=O)CN(C(C)=O)c1cccc(F)c1)c1cccc(C)c1. The molecule has 0 aromatic heterocycles. The number of benzene rings is 2. The van der Waals surface area contributed by atoms with Gasteiger partial charge in [0.2, 0.25) is 11.8 Å². The summed E-state index contributed by atoms with van der Waals surface area (Å²) in [5.41, 5.74) is 2.20. The van der Waals surface area contributed by atoms with E-state index in [1.807, 2.05) is 38.1 Å². The lowest BCUT2D eigenvalue weighted by Crippen LogP contribution is -2.42. The van der Waals surface area contributed by atoms with E-state index in [4.69, 9.17) is 0 Å². The minimum atomic E-state index is -0.447. The second kappa shape index (κ2) is 7.73. The van der Waals surface area contributed by atoms with Gasteiger partial charge in [-0.3, -0.25) is 9.59 Å². The number of rotatable bonds is 5. The molecule has 0 N–H and O–H groups in total. The second-order valence-electron chi connectivity index (χ2n) is 5.56. The zero-order chi connectivity index (χ0) is 17.7. The summed E-state index contributed by atoms with van der Waals surface area (Å²) in [4.78, 5) is 27.5. The predicted molar refractivity (Wildman–Crippen MR) is 93.6 cm³/mol. The summed E-state index contributed by atoms with van der Waals surface area (Å²) in [5, 5.41) is 0. The Balaban J connectivity index is 2.25. The van der Waals surface area contributed by atoms with Crippen LogP contribution < -0.4 is 9.80 Å². The summed E-state index contributed by atoms with van der Waals surface area (Å²) in [7, 11) is 0. The van der Waals surface area contributed by atoms with Gasteiger partial charge in [-0.25, -0.2) is 4.39 Å². The number of carbonyl (C=O) groups excluding carboxylic acids is 2. The zero-order valence-electron chi connectivity index (χ0n) is 14.1. The van der Waals surface area contributed by atoms with Gasteiger partial charge < -0.3 is 9.80 Å². The zero-order valence-corrected chi connectivity index (χ0v) is 14.1. The van der Waals surface area contributed by atoms with Crippen LogP contribution in [-0.2, 0) is 9.59 Å². The van der Waals surface area contributed by atoms with E-state index in [-0.39, 0.29) is 18.4 Å². The third kappa shape index (κ3) is 4.19. The molecule has 2 rings (SSSR count). The van der Waals surface area contributed by atoms with Crippen molar-refractivity contribution >= 4 is 23.2 Å². The van der Waals surface area contributed by atoms with Crippen LogP contribution in [0, 0.1) is 12.7 Å². The maximum Gasteiger partial charge on any atom is 0.247 e. The Morgan fingerprint density at radius 2 is 1.62 bits per heavy atom. The molecule has 0 saturated heterocycles. The maximum atomic E-state index is 13.4. The molecule has 2 aromatic carbocycles. The molecule has 0 saturated carbocycles. The van der Waals surface area contributed by atoms with Gasteiger partial charge in [0.15, 0.2) is 0 Å². The molecule has 0 fully saturated rings. The Hall–Kier alpha value is -2.69. The Morgan fingerprint density at radius 3 is 2.17 bits per heavy atom. The van der Waals surface area contributed by atoms with Gasteiger partial charge in [0.25, 0.3) is 0 Å². The number of hydrogen-bond donors (Lipinski definition) is 0. The van der Waals surface area contributed by atoms with Crippen molar-refractivity contribution in [2.24, 2.45) is 0 Å². The number of anilines is 2. The topological polar surface area (TPSA) is 40.6 Å². The quantitative estimate of drug-likeness (QED) is 0.842. The average molecular weight is 328 g/mol. The van der Waals surface area contributed by atoms with E-state index >= 15 is 0 Å². The largest absolute Gasteiger partial charge is 0.311 e. The Morgan fingerprint density at radius 1 is 1.00 bits per heavy atom. The third-order valence-electron chi connectivity index (χ3n) is 3.72. The van der Waals surface area contributed by atoms with E-state index in [0.29, 0.717) is 12.2 Å². The molecule has 2 aromatic rings. The molecular weight excluding hydrogens is 307 g/mol. The van der Waals surface area contributed by atoms with Crippen molar-refractivity contribution < 1.29 is 14.0 Å². The number of hydrogen-bond acceptors (Lipinski definition) is 2. The van der Waals surface area contributed by atoms with Gasteiger partial charge in [-0.1, -0.05) is 18.2 Å². The first-order valence-electron chi connectivity index (χ1n) is 7.83. The number of likely N-dealkylation sites (N-methyl/N-ethyl adjacent to an activating group) is 1. The van der Waals surface area contributed by atoms with Crippen molar-refractivity contribution in [2.45, 2.75) is 20.8 Å². The summed E-state index contributed by atoms with van der Waals surface area (Å²) in [6.07, 6.45) is 0. The monoisotopic (exact) mass is 328 g/mol. The first kappa shape index (κ1) is 17.7. The van der Waals surface area contributed by atoms with Crippen molar-refractivity contribution in [2.75, 3.05) is 22.9 Å². The third-order valence-corrected chi connectivity index (χ3v) is 3.72. The number of aryl methyl sites for hydroxylation is 1. The molecule has 0 radical (unpaired) electrons. The number of carbonyl (C=O) groups is 2. The average Bonchev–Trinajstić information content (AvgIpc) is 2.53. The summed E-state index contributed by atoms with van der Waals surface area (Å²) < 4.78 is 13.4. The van der Waals surface area contributed by atoms with Crippen LogP contribution in [0.25, 0.3) is 0 Å². The van der Waals surface area contributed by atoms with E-state index in [1.54, 1.807) is 11.0 Å². The molecule has 0 spiro atoms. The van der Waals surface area contributed by atoms with Crippen LogP contribution in [0.1, 0.15) is 19.4 Å². The van der Waals surface area contributed by atoms with Crippen LogP contribution in [0.5, 0.6) is 0 Å². The minimum absolute atomic E-state index is 0.138. The van der Waals surface area contributed by atoms with Crippen molar-refractivity contribution in [1.29, 1.82) is 0 Å². The lowest BCUT2D eigenvalue weighted by molar-refractivity contribution is -0.121. The molecule has 0 heterocycles. The molecule has 0 aliphatic carbocycles. The normalized spacial score (nSPS) is 10.3. The minimum Gasteiger partial charge on any atom is -0.311 e. The van der Waals surface area contributed by atoms with E-state index in [1.165, 1.54) is 30.0 Å². The molecule has 2 amide bonds. The van der Waals surface area contributed by atoms with Gasteiger partial charge in [-0.05, 0) is 49.7 Å². The van der Waals surface area contributed by atoms with Crippen LogP contribution in [0.4, 0.5) is 15.8 Å². The number of halogens is 1. The number of nitrogens with zero attached hydrogens (tertiary/aromatic N) is 2. The highest BCUT2D eigenvalue weighted by Gasteiger charge is 2.21. The van der Waals surface area contributed by atoms with Gasteiger partial charge in [-0.15, -0.1) is 0 Å². The Kier molecular flexibility index (Phi) is 5.68. The maximum absolute atomic E-state index is 13.4. The van der Waals surface area contributed by atoms with E-state index < -0.39 is 5.82 Å². The van der Waals surface area contributed by atoms with Gasteiger partial charge in [0.05, 0.1) is 0 Å². The summed E-state index contributed by atoms with van der Waals surface area (Å²) >= 11 is 0. The highest BCUT2D eigenvalue weighted by atomic mass is 19.1. The molecule has 5 heteroatoms. The molecule has 0 aliphatic heterocycles. The molecule has 126 valence electrons. The van der Waals surface area contributed by atoms with E-state index in [2.05, 4.69) is 0 Å². The predicted octanol–water partition coefficient (Wildman–Crippen LogP) is 3.54. The highest BCUT2D eigenvalue weighted by Crippen LogP contribution is 2.19. The first-order chi connectivity index (χ1) is 11.4. The Labute approximate surface area is 141 Å². The van der Waals surface area contributed by atoms with Gasteiger partial charge in [-0.2, -0.15) is 0 Å². The fraction of sp³-hybridized carbons (Fsp3) is 0.263. The van der Waals surface area contributed by atoms with Crippen molar-refractivity contribution in [3.8, 4) is 0 Å². The van der Waals surface area contributed by atoms with Gasteiger partial charge in [0.1, 0.15) is 12.4 Å². The molecule has 0 bridgehead atoms. The van der Waals surface area contributed by atoms with Gasteiger partial charge >= 0.3 is 0 Å². The van der Waals surface area contributed by atoms with Gasteiger partial charge in [0, 0.05) is 24.8 Å². The lowest BCUT2D eigenvalue weighted by Gasteiger charge is -2.26. The van der Waals surface area contributed by atoms with Crippen molar-refractivity contribution in [1.82, 2.24) is 0 Å². The molecule has 24 heavy (non-hydrogen) atoms. The van der Waals surface area contributed by atoms with Crippen LogP contribution >= 0.6 is 0 Å². The van der Waals surface area contributed by atoms with Crippen LogP contribution in [0.2, 0.25) is 0 Å². The van der Waals surface area contributed by atoms with Crippen LogP contribution in [-0.4, -0.2) is 24.9 Å². The molecule has 4 nitrogen and oxygen atoms in total. The first-order valence-corrected chi connectivity index (χ1v) is 7.83. The van der Waals surface area contributed by atoms with Crippen molar-refractivity contribution in [3.05, 3.63) is 59.9 Å². The number of amides is 2. The highest BCUT2D eigenvalue weighted by molar-refractivity contribution is 6.03. The standard InChI is InChI=1S/C19H21FN2O2/c1-4-21(17-9-5-7-14(2)11-17)19(24)13-22(15(3)23)18-10-6-8-16(20)12-18/h5-12H,4,13H2,1-3H3. The van der Waals surface area contributed by atoms with E-state index in [0.717, 1.165) is 11.3 Å². The van der Waals surface area contributed by atoms with Crippen molar-refractivity contribution in [3.63, 3.8) is 0 Å². The fourth-order valence-corrected chi connectivity index (χ4v) is 2.55. The van der Waals surface area contributed by atoms with Crippen LogP contribution in [0.15, 0.2) is 48.5 Å². The lowest BCUT2D eigenvalue weighted by atomic mass is 10.2. The molecular formula is C19H21FN2O2. The van der Waals surface area contributed by atoms with Crippen LogP contribution in [0.3, 0.4) is 0 Å². The summed E-state index contributed by atoms with van der Waals surface area (Å²) in [5.74, 6) is -0.978. The molecule has 0 aliphatic rings. The smallest absolute Gasteiger partial charge is 0.247 e. The summed E-state index contributed by atoms with van der Waals surface area (Å²) in [6, 6.07) is 13.3. The fourth-order valence-electron chi connectivity index (χ4n) is 2.55. The van der Waals surface area contributed by atoms with E-state index in [9.17, 15) is 14.0 Å². The second-order valence-corrected chi connectivity index (χ2v) is 5.56. The summed E-state index contributed by atoms with van der Waals surface area (Å²) in [6.45, 7) is 5.54. The Bertz CT molecular complexity index is 746. The molecule has 0 unspecified atom stereocenters.